The number of piperidine rings is 1. The molecule has 1 unspecified atom stereocenters. The van der Waals surface area contributed by atoms with Crippen LogP contribution in [0, 0.1) is 6.92 Å². The highest BCUT2D eigenvalue weighted by atomic mass is 35.5. The van der Waals surface area contributed by atoms with Crippen LogP contribution in [-0.2, 0) is 4.79 Å². The van der Waals surface area contributed by atoms with Crippen LogP contribution in [0.4, 0.5) is 5.69 Å². The third-order valence-electron chi connectivity index (χ3n) is 6.09. The molecule has 9 heteroatoms. The third kappa shape index (κ3) is 6.37. The van der Waals surface area contributed by atoms with Gasteiger partial charge in [-0.2, -0.15) is 0 Å². The van der Waals surface area contributed by atoms with E-state index in [4.69, 9.17) is 11.6 Å². The van der Waals surface area contributed by atoms with Crippen molar-refractivity contribution in [2.45, 2.75) is 64.5 Å². The number of nitrogens with one attached hydrogen (secondary N) is 2. The number of carbonyl (C=O) groups is 3. The fourth-order valence-corrected chi connectivity index (χ4v) is 5.10. The summed E-state index contributed by atoms with van der Waals surface area (Å²) in [5, 5.41) is 14.8. The number of rotatable bonds is 8. The first kappa shape index (κ1) is 26.2. The Morgan fingerprint density at radius 2 is 1.97 bits per heavy atom. The number of aryl methyl sites for hydroxylation is 1. The van der Waals surface area contributed by atoms with E-state index in [-0.39, 0.29) is 30.4 Å². The molecule has 2 heterocycles. The number of halogens is 1. The van der Waals surface area contributed by atoms with Crippen molar-refractivity contribution in [1.29, 1.82) is 0 Å². The van der Waals surface area contributed by atoms with Gasteiger partial charge in [0.1, 0.15) is 5.54 Å². The first-order valence-electron chi connectivity index (χ1n) is 11.5. The van der Waals surface area contributed by atoms with Crippen LogP contribution in [0.2, 0.25) is 4.34 Å². The summed E-state index contributed by atoms with van der Waals surface area (Å²) in [5.74, 6) is -0.756. The Morgan fingerprint density at radius 1 is 1.21 bits per heavy atom. The van der Waals surface area contributed by atoms with Gasteiger partial charge in [-0.15, -0.1) is 11.3 Å². The lowest BCUT2D eigenvalue weighted by Gasteiger charge is -2.36. The van der Waals surface area contributed by atoms with E-state index in [9.17, 15) is 19.5 Å². The maximum atomic E-state index is 13.3. The highest BCUT2D eigenvalue weighted by Gasteiger charge is 2.31. The van der Waals surface area contributed by atoms with Crippen LogP contribution in [0.3, 0.4) is 0 Å². The van der Waals surface area contributed by atoms with Crippen molar-refractivity contribution >= 4 is 46.3 Å². The van der Waals surface area contributed by atoms with Crippen LogP contribution in [0.25, 0.3) is 0 Å². The Balaban J connectivity index is 1.67. The SMILES string of the molecule is Cc1cc(NC(=O)C(C)(C)NC(=O)c2ccc(Cl)s2)ccc1C(=O)N1CCCCC1CCCO. The molecule has 3 rings (SSSR count). The zero-order valence-corrected chi connectivity index (χ0v) is 21.4. The van der Waals surface area contributed by atoms with Gasteiger partial charge >= 0.3 is 0 Å². The summed E-state index contributed by atoms with van der Waals surface area (Å²) >= 11 is 7.05. The summed E-state index contributed by atoms with van der Waals surface area (Å²) < 4.78 is 0.502. The van der Waals surface area contributed by atoms with Gasteiger partial charge in [-0.25, -0.2) is 0 Å². The van der Waals surface area contributed by atoms with Gasteiger partial charge in [-0.3, -0.25) is 14.4 Å². The topological polar surface area (TPSA) is 98.7 Å². The highest BCUT2D eigenvalue weighted by molar-refractivity contribution is 7.18. The van der Waals surface area contributed by atoms with E-state index in [1.165, 1.54) is 0 Å². The molecule has 2 aromatic rings. The van der Waals surface area contributed by atoms with Gasteiger partial charge in [0.15, 0.2) is 0 Å². The molecule has 1 atom stereocenters. The molecule has 1 aliphatic rings. The Morgan fingerprint density at radius 3 is 2.62 bits per heavy atom. The fourth-order valence-electron chi connectivity index (χ4n) is 4.16. The minimum atomic E-state index is -1.16. The number of aliphatic hydroxyl groups excluding tert-OH is 1. The third-order valence-corrected chi connectivity index (χ3v) is 7.32. The molecular weight excluding hydrogens is 474 g/mol. The van der Waals surface area contributed by atoms with Gasteiger partial charge in [0.25, 0.3) is 11.8 Å². The summed E-state index contributed by atoms with van der Waals surface area (Å²) in [6.07, 6.45) is 4.51. The highest BCUT2D eigenvalue weighted by Crippen LogP contribution is 2.26. The maximum Gasteiger partial charge on any atom is 0.262 e. The monoisotopic (exact) mass is 505 g/mol. The van der Waals surface area contributed by atoms with Gasteiger partial charge in [-0.05, 0) is 88.8 Å². The molecule has 1 aliphatic heterocycles. The molecule has 0 aliphatic carbocycles. The van der Waals surface area contributed by atoms with Crippen molar-refractivity contribution in [2.75, 3.05) is 18.5 Å². The summed E-state index contributed by atoms with van der Waals surface area (Å²) in [4.78, 5) is 41.0. The van der Waals surface area contributed by atoms with E-state index in [0.717, 1.165) is 49.1 Å². The first-order chi connectivity index (χ1) is 16.1. The fraction of sp³-hybridized carbons (Fsp3) is 0.480. The average Bonchev–Trinajstić information content (AvgIpc) is 3.24. The van der Waals surface area contributed by atoms with Crippen LogP contribution in [0.5, 0.6) is 0 Å². The minimum absolute atomic E-state index is 0.0137. The molecule has 0 saturated carbocycles. The lowest BCUT2D eigenvalue weighted by molar-refractivity contribution is -0.120. The number of carbonyl (C=O) groups excluding carboxylic acids is 3. The van der Waals surface area contributed by atoms with E-state index >= 15 is 0 Å². The van der Waals surface area contributed by atoms with E-state index in [2.05, 4.69) is 10.6 Å². The number of aliphatic hydroxyl groups is 1. The summed E-state index contributed by atoms with van der Waals surface area (Å²) in [6.45, 7) is 5.95. The average molecular weight is 506 g/mol. The second-order valence-corrected chi connectivity index (χ2v) is 10.9. The summed E-state index contributed by atoms with van der Waals surface area (Å²) in [6, 6.07) is 8.63. The van der Waals surface area contributed by atoms with Crippen LogP contribution in [-0.4, -0.2) is 52.5 Å². The minimum Gasteiger partial charge on any atom is -0.396 e. The van der Waals surface area contributed by atoms with Crippen LogP contribution < -0.4 is 10.6 Å². The number of amides is 3. The maximum absolute atomic E-state index is 13.3. The van der Waals surface area contributed by atoms with Crippen molar-refractivity contribution in [3.8, 4) is 0 Å². The van der Waals surface area contributed by atoms with Gasteiger partial charge in [0.05, 0.1) is 9.21 Å². The lowest BCUT2D eigenvalue weighted by Crippen LogP contribution is -2.52. The predicted molar refractivity (Wildman–Crippen MR) is 136 cm³/mol. The van der Waals surface area contributed by atoms with Gasteiger partial charge < -0.3 is 20.6 Å². The van der Waals surface area contributed by atoms with Crippen molar-refractivity contribution in [1.82, 2.24) is 10.2 Å². The molecule has 0 bridgehead atoms. The normalized spacial score (nSPS) is 16.3. The molecule has 7 nitrogen and oxygen atoms in total. The Hall–Kier alpha value is -2.42. The second kappa shape index (κ2) is 11.3. The molecule has 1 fully saturated rings. The lowest BCUT2D eigenvalue weighted by atomic mass is 9.96. The zero-order valence-electron chi connectivity index (χ0n) is 19.8. The predicted octanol–water partition coefficient (Wildman–Crippen LogP) is 4.62. The van der Waals surface area contributed by atoms with E-state index in [0.29, 0.717) is 26.9 Å². The molecule has 1 aromatic carbocycles. The van der Waals surface area contributed by atoms with Crippen molar-refractivity contribution in [2.24, 2.45) is 0 Å². The van der Waals surface area contributed by atoms with Crippen molar-refractivity contribution < 1.29 is 19.5 Å². The van der Waals surface area contributed by atoms with Crippen LogP contribution in [0.1, 0.15) is 71.5 Å². The molecule has 1 aromatic heterocycles. The molecular formula is C25H32ClN3O4S. The van der Waals surface area contributed by atoms with Crippen LogP contribution >= 0.6 is 22.9 Å². The van der Waals surface area contributed by atoms with Crippen molar-refractivity contribution in [3.63, 3.8) is 0 Å². The van der Waals surface area contributed by atoms with Gasteiger partial charge in [0.2, 0.25) is 5.91 Å². The summed E-state index contributed by atoms with van der Waals surface area (Å²) in [7, 11) is 0. The largest absolute Gasteiger partial charge is 0.396 e. The standard InChI is InChI=1S/C25H32ClN3O4S/c1-16-15-17(27-24(33)25(2,3)28-22(31)20-11-12-21(26)34-20)9-10-19(16)23(32)29-13-5-4-7-18(29)8-6-14-30/h9-12,15,18,30H,4-8,13-14H2,1-3H3,(H,27,33)(H,28,31). The van der Waals surface area contributed by atoms with Gasteiger partial charge in [0, 0.05) is 30.4 Å². The number of likely N-dealkylation sites (tertiary alicyclic amines) is 1. The number of hydrogen-bond acceptors (Lipinski definition) is 5. The molecule has 184 valence electrons. The number of hydrogen-bond donors (Lipinski definition) is 3. The quantitative estimate of drug-likeness (QED) is 0.487. The molecule has 1 saturated heterocycles. The molecule has 0 spiro atoms. The molecule has 3 amide bonds. The Labute approximate surface area is 209 Å². The van der Waals surface area contributed by atoms with E-state index < -0.39 is 5.54 Å². The van der Waals surface area contributed by atoms with Crippen LogP contribution in [0.15, 0.2) is 30.3 Å². The molecule has 3 N–H and O–H groups in total. The first-order valence-corrected chi connectivity index (χ1v) is 12.7. The summed E-state index contributed by atoms with van der Waals surface area (Å²) in [5.41, 5.74) is 0.764. The van der Waals surface area contributed by atoms with E-state index in [1.54, 1.807) is 44.2 Å². The van der Waals surface area contributed by atoms with E-state index in [1.807, 2.05) is 11.8 Å². The number of benzene rings is 1. The number of anilines is 1. The zero-order chi connectivity index (χ0) is 24.9. The Kier molecular flexibility index (Phi) is 8.73. The Bertz CT molecular complexity index is 1050. The second-order valence-electron chi connectivity index (χ2n) is 9.18. The smallest absolute Gasteiger partial charge is 0.262 e. The van der Waals surface area contributed by atoms with Crippen molar-refractivity contribution in [3.05, 3.63) is 50.7 Å². The van der Waals surface area contributed by atoms with Gasteiger partial charge in [-0.1, -0.05) is 11.6 Å². The number of nitrogens with zero attached hydrogens (tertiary/aromatic N) is 1. The number of thiophene rings is 1. The molecule has 34 heavy (non-hydrogen) atoms. The molecule has 0 radical (unpaired) electrons.